The van der Waals surface area contributed by atoms with Crippen LogP contribution in [-0.2, 0) is 21.4 Å². The molecule has 0 bridgehead atoms. The first-order valence-electron chi connectivity index (χ1n) is 9.46. The summed E-state index contributed by atoms with van der Waals surface area (Å²) in [5.41, 5.74) is 1.86. The molecule has 0 aliphatic carbocycles. The van der Waals surface area contributed by atoms with Gasteiger partial charge in [0.05, 0.1) is 21.7 Å². The van der Waals surface area contributed by atoms with Crippen LogP contribution >= 0.6 is 11.3 Å². The van der Waals surface area contributed by atoms with Gasteiger partial charge in [0, 0.05) is 0 Å². The maximum atomic E-state index is 12.8. The lowest BCUT2D eigenvalue weighted by atomic mass is 10.0. The van der Waals surface area contributed by atoms with E-state index in [1.165, 1.54) is 11.3 Å². The van der Waals surface area contributed by atoms with Crippen molar-refractivity contribution in [1.29, 1.82) is 0 Å². The first-order chi connectivity index (χ1) is 13.7. The fourth-order valence-electron chi connectivity index (χ4n) is 2.93. The van der Waals surface area contributed by atoms with Gasteiger partial charge in [-0.3, -0.25) is 4.79 Å². The number of carbonyl (C=O) groups is 1. The second-order valence-electron chi connectivity index (χ2n) is 7.41. The van der Waals surface area contributed by atoms with Crippen LogP contribution in [0.15, 0.2) is 53.4 Å². The van der Waals surface area contributed by atoms with Gasteiger partial charge in [0.1, 0.15) is 11.0 Å². The summed E-state index contributed by atoms with van der Waals surface area (Å²) in [5, 5.41) is 3.61. The van der Waals surface area contributed by atoms with Crippen LogP contribution in [0.2, 0.25) is 0 Å². The summed E-state index contributed by atoms with van der Waals surface area (Å²) < 4.78 is 29.1. The number of rotatable bonds is 8. The second kappa shape index (κ2) is 9.02. The van der Waals surface area contributed by atoms with Gasteiger partial charge in [-0.2, -0.15) is 4.72 Å². The Morgan fingerprint density at radius 1 is 1.10 bits per heavy atom. The second-order valence-corrected chi connectivity index (χ2v) is 10.2. The summed E-state index contributed by atoms with van der Waals surface area (Å²) in [4.78, 5) is 17.4. The third-order valence-electron chi connectivity index (χ3n) is 4.40. The maximum Gasteiger partial charge on any atom is 0.241 e. The molecule has 0 saturated carbocycles. The van der Waals surface area contributed by atoms with Gasteiger partial charge in [-0.05, 0) is 43.5 Å². The predicted octanol–water partition coefficient (Wildman–Crippen LogP) is 3.61. The Morgan fingerprint density at radius 3 is 2.45 bits per heavy atom. The molecule has 2 aromatic carbocycles. The predicted molar refractivity (Wildman–Crippen MR) is 116 cm³/mol. The van der Waals surface area contributed by atoms with Crippen LogP contribution in [0.5, 0.6) is 0 Å². The molecule has 0 radical (unpaired) electrons. The van der Waals surface area contributed by atoms with Crippen molar-refractivity contribution in [3.8, 4) is 0 Å². The van der Waals surface area contributed by atoms with Crippen molar-refractivity contribution in [2.45, 2.75) is 44.7 Å². The van der Waals surface area contributed by atoms with Gasteiger partial charge in [-0.15, -0.1) is 11.3 Å². The third kappa shape index (κ3) is 5.62. The number of aryl methyl sites for hydroxylation is 1. The molecule has 0 spiro atoms. The Bertz CT molecular complexity index is 1060. The number of nitrogens with zero attached hydrogens (tertiary/aromatic N) is 1. The minimum absolute atomic E-state index is 0.147. The molecule has 0 saturated heterocycles. The fraction of sp³-hybridized carbons (Fsp3) is 0.333. The lowest BCUT2D eigenvalue weighted by molar-refractivity contribution is -0.123. The van der Waals surface area contributed by atoms with Crippen molar-refractivity contribution >= 4 is 37.5 Å². The normalized spacial score (nSPS) is 13.0. The molecule has 0 fully saturated rings. The van der Waals surface area contributed by atoms with E-state index in [9.17, 15) is 13.2 Å². The van der Waals surface area contributed by atoms with Crippen LogP contribution in [-0.4, -0.2) is 25.4 Å². The summed E-state index contributed by atoms with van der Waals surface area (Å²) in [5.74, 6) is -0.206. The molecule has 1 unspecified atom stereocenters. The number of benzene rings is 2. The number of para-hydroxylation sites is 1. The molecule has 8 heteroatoms. The van der Waals surface area contributed by atoms with Gasteiger partial charge >= 0.3 is 0 Å². The highest BCUT2D eigenvalue weighted by Gasteiger charge is 2.26. The SMILES string of the molecule is Cc1ccc(S(=O)(=O)NC(CC(C)C)C(=O)NCc2nc3ccccc3s2)cc1. The zero-order valence-corrected chi connectivity index (χ0v) is 18.3. The van der Waals surface area contributed by atoms with Crippen molar-refractivity contribution in [2.24, 2.45) is 5.92 Å². The van der Waals surface area contributed by atoms with Crippen molar-refractivity contribution in [3.63, 3.8) is 0 Å². The standard InChI is InChI=1S/C21H25N3O3S2/c1-14(2)12-18(24-29(26,27)16-10-8-15(3)9-11-16)21(25)22-13-20-23-17-6-4-5-7-19(17)28-20/h4-11,14,18,24H,12-13H2,1-3H3,(H,22,25). The van der Waals surface area contributed by atoms with E-state index in [1.54, 1.807) is 24.3 Å². The van der Waals surface area contributed by atoms with E-state index in [4.69, 9.17) is 0 Å². The van der Waals surface area contributed by atoms with E-state index in [1.807, 2.05) is 45.0 Å². The van der Waals surface area contributed by atoms with Gasteiger partial charge in [0.15, 0.2) is 0 Å². The molecule has 29 heavy (non-hydrogen) atoms. The summed E-state index contributed by atoms with van der Waals surface area (Å²) in [6.45, 7) is 6.06. The first-order valence-corrected chi connectivity index (χ1v) is 11.8. The summed E-state index contributed by atoms with van der Waals surface area (Å²) in [6.07, 6.45) is 0.400. The molecule has 6 nitrogen and oxygen atoms in total. The average Bonchev–Trinajstić information content (AvgIpc) is 3.08. The van der Waals surface area contributed by atoms with Gasteiger partial charge in [-0.1, -0.05) is 43.7 Å². The zero-order valence-electron chi connectivity index (χ0n) is 16.7. The number of hydrogen-bond donors (Lipinski definition) is 2. The Kier molecular flexibility index (Phi) is 6.66. The highest BCUT2D eigenvalue weighted by molar-refractivity contribution is 7.89. The van der Waals surface area contributed by atoms with E-state index in [0.717, 1.165) is 20.8 Å². The van der Waals surface area contributed by atoms with Gasteiger partial charge in [0.2, 0.25) is 15.9 Å². The molecule has 1 heterocycles. The van der Waals surface area contributed by atoms with Crippen LogP contribution in [0.1, 0.15) is 30.8 Å². The Balaban J connectivity index is 1.71. The molecule has 3 rings (SSSR count). The lowest BCUT2D eigenvalue weighted by Gasteiger charge is -2.20. The third-order valence-corrected chi connectivity index (χ3v) is 6.93. The Labute approximate surface area is 175 Å². The van der Waals surface area contributed by atoms with E-state index >= 15 is 0 Å². The molecule has 1 amide bonds. The van der Waals surface area contributed by atoms with Gasteiger partial charge in [-0.25, -0.2) is 13.4 Å². The molecular formula is C21H25N3O3S2. The maximum absolute atomic E-state index is 12.8. The topological polar surface area (TPSA) is 88.2 Å². The first kappa shape index (κ1) is 21.4. The van der Waals surface area contributed by atoms with Crippen molar-refractivity contribution < 1.29 is 13.2 Å². The molecular weight excluding hydrogens is 406 g/mol. The molecule has 1 atom stereocenters. The van der Waals surface area contributed by atoms with Crippen LogP contribution in [0.3, 0.4) is 0 Å². The lowest BCUT2D eigenvalue weighted by Crippen LogP contribution is -2.47. The van der Waals surface area contributed by atoms with E-state index < -0.39 is 16.1 Å². The quantitative estimate of drug-likeness (QED) is 0.570. The summed E-state index contributed by atoms with van der Waals surface area (Å²) in [6, 6.07) is 13.5. The van der Waals surface area contributed by atoms with Crippen LogP contribution in [0, 0.1) is 12.8 Å². The average molecular weight is 432 g/mol. The molecule has 3 aromatic rings. The number of aromatic nitrogens is 1. The van der Waals surface area contributed by atoms with Crippen molar-refractivity contribution in [3.05, 3.63) is 59.1 Å². The molecule has 1 aromatic heterocycles. The molecule has 2 N–H and O–H groups in total. The fourth-order valence-corrected chi connectivity index (χ4v) is 5.05. The number of sulfonamides is 1. The minimum Gasteiger partial charge on any atom is -0.348 e. The Hall–Kier alpha value is -2.29. The number of nitrogens with one attached hydrogen (secondary N) is 2. The van der Waals surface area contributed by atoms with Crippen LogP contribution in [0.25, 0.3) is 10.2 Å². The number of fused-ring (bicyclic) bond motifs is 1. The van der Waals surface area contributed by atoms with E-state index in [2.05, 4.69) is 15.0 Å². The van der Waals surface area contributed by atoms with Gasteiger partial charge < -0.3 is 5.32 Å². The summed E-state index contributed by atoms with van der Waals surface area (Å²) >= 11 is 1.51. The highest BCUT2D eigenvalue weighted by Crippen LogP contribution is 2.21. The van der Waals surface area contributed by atoms with Crippen molar-refractivity contribution in [1.82, 2.24) is 15.0 Å². The molecule has 0 aliphatic heterocycles. The monoisotopic (exact) mass is 431 g/mol. The van der Waals surface area contributed by atoms with Crippen molar-refractivity contribution in [2.75, 3.05) is 0 Å². The molecule has 0 aliphatic rings. The van der Waals surface area contributed by atoms with Crippen LogP contribution < -0.4 is 10.0 Å². The van der Waals surface area contributed by atoms with E-state index in [0.29, 0.717) is 6.42 Å². The number of amides is 1. The largest absolute Gasteiger partial charge is 0.348 e. The number of thiazole rings is 1. The summed E-state index contributed by atoms with van der Waals surface area (Å²) in [7, 11) is -3.79. The Morgan fingerprint density at radius 2 is 1.79 bits per heavy atom. The number of hydrogen-bond acceptors (Lipinski definition) is 5. The molecule has 154 valence electrons. The van der Waals surface area contributed by atoms with Crippen LogP contribution in [0.4, 0.5) is 0 Å². The highest BCUT2D eigenvalue weighted by atomic mass is 32.2. The zero-order chi connectivity index (χ0) is 21.0. The minimum atomic E-state index is -3.79. The number of carbonyl (C=O) groups excluding carboxylic acids is 1. The smallest absolute Gasteiger partial charge is 0.241 e. The van der Waals surface area contributed by atoms with Gasteiger partial charge in [0.25, 0.3) is 0 Å². The van der Waals surface area contributed by atoms with E-state index in [-0.39, 0.29) is 23.3 Å².